The number of carbonyl (C=O) groups excluding carboxylic acids is 3. The van der Waals surface area contributed by atoms with Gasteiger partial charge in [-0.25, -0.2) is 15.0 Å². The molecule has 0 atom stereocenters. The van der Waals surface area contributed by atoms with Crippen LogP contribution in [0.15, 0.2) is 54.7 Å². The zero-order chi connectivity index (χ0) is 41.2. The van der Waals surface area contributed by atoms with Gasteiger partial charge in [0.15, 0.2) is 17.5 Å². The number of anilines is 1. The number of hydrogen-bond donors (Lipinski definition) is 3. The van der Waals surface area contributed by atoms with E-state index in [1.165, 1.54) is 13.2 Å². The molecule has 0 saturated heterocycles. The first kappa shape index (κ1) is 39.2. The van der Waals surface area contributed by atoms with E-state index < -0.39 is 17.7 Å². The molecule has 0 unspecified atom stereocenters. The van der Waals surface area contributed by atoms with E-state index in [0.717, 1.165) is 11.4 Å². The van der Waals surface area contributed by atoms with E-state index in [4.69, 9.17) is 40.6 Å². The topological polar surface area (TPSA) is 227 Å². The van der Waals surface area contributed by atoms with Crippen LogP contribution in [0.3, 0.4) is 0 Å². The molecule has 0 fully saturated rings. The molecule has 58 heavy (non-hydrogen) atoms. The Morgan fingerprint density at radius 3 is 2.28 bits per heavy atom. The van der Waals surface area contributed by atoms with Gasteiger partial charge in [-0.05, 0) is 58.0 Å². The third kappa shape index (κ3) is 7.32. The molecule has 0 saturated carbocycles. The highest BCUT2D eigenvalue weighted by molar-refractivity contribution is 6.12. The summed E-state index contributed by atoms with van der Waals surface area (Å²) in [6, 6.07) is 10.1. The minimum Gasteiger partial charge on any atom is -0.489 e. The van der Waals surface area contributed by atoms with Gasteiger partial charge in [0.1, 0.15) is 35.0 Å². The second-order valence-corrected chi connectivity index (χ2v) is 13.5. The number of carbonyl (C=O) groups is 3. The summed E-state index contributed by atoms with van der Waals surface area (Å²) in [5.74, 6) is -0.194. The van der Waals surface area contributed by atoms with E-state index in [0.29, 0.717) is 88.4 Å². The molecule has 0 spiro atoms. The molecule has 5 N–H and O–H groups in total. The van der Waals surface area contributed by atoms with Crippen LogP contribution in [0.5, 0.6) is 11.6 Å². The van der Waals surface area contributed by atoms with Crippen LogP contribution >= 0.6 is 0 Å². The summed E-state index contributed by atoms with van der Waals surface area (Å²) in [5, 5.41) is 13.3. The monoisotopic (exact) mass is 788 g/mol. The minimum atomic E-state index is -0.654. The van der Waals surface area contributed by atoms with Crippen molar-refractivity contribution < 1.29 is 28.6 Å². The van der Waals surface area contributed by atoms with Gasteiger partial charge in [0.2, 0.25) is 11.8 Å². The van der Waals surface area contributed by atoms with E-state index >= 15 is 0 Å². The van der Waals surface area contributed by atoms with E-state index in [-0.39, 0.29) is 30.0 Å². The number of nitrogens with one attached hydrogen (secondary N) is 1. The molecule has 0 aliphatic heterocycles. The summed E-state index contributed by atoms with van der Waals surface area (Å²) >= 11 is 0. The highest BCUT2D eigenvalue weighted by atomic mass is 16.5. The molecule has 300 valence electrons. The number of pyridine rings is 1. The Kier molecular flexibility index (Phi) is 10.9. The number of rotatable bonds is 16. The van der Waals surface area contributed by atoms with Crippen LogP contribution in [0.2, 0.25) is 0 Å². The molecule has 7 rings (SSSR count). The Morgan fingerprint density at radius 1 is 0.845 bits per heavy atom. The summed E-state index contributed by atoms with van der Waals surface area (Å²) in [4.78, 5) is 52.9. The minimum absolute atomic E-state index is 0.196. The fraction of sp³-hybridized carbons (Fsp3) is 0.300. The van der Waals surface area contributed by atoms with Crippen LogP contribution in [-0.2, 0) is 30.8 Å². The van der Waals surface area contributed by atoms with Gasteiger partial charge in [-0.3, -0.25) is 28.1 Å². The van der Waals surface area contributed by atoms with Gasteiger partial charge in [0.25, 0.3) is 5.91 Å². The van der Waals surface area contributed by atoms with Gasteiger partial charge >= 0.3 is 0 Å². The lowest BCUT2D eigenvalue weighted by molar-refractivity contribution is 0.0991. The molecule has 18 nitrogen and oxygen atoms in total. The van der Waals surface area contributed by atoms with Crippen molar-refractivity contribution in [2.45, 2.75) is 53.8 Å². The van der Waals surface area contributed by atoms with Crippen molar-refractivity contribution in [1.82, 2.24) is 43.5 Å². The molecule has 3 amide bonds. The Balaban J connectivity index is 1.34. The number of nitrogens with two attached hydrogens (primary N) is 2. The normalized spacial score (nSPS) is 11.7. The van der Waals surface area contributed by atoms with Crippen LogP contribution in [-0.4, -0.2) is 88.6 Å². The Labute approximate surface area is 332 Å². The first-order valence-corrected chi connectivity index (χ1v) is 18.6. The number of benzene rings is 1. The number of aromatic nitrogens is 9. The number of nitrogens with zero attached hydrogens (tertiary/aromatic N) is 9. The molecule has 0 aliphatic carbocycles. The standard InChI is InChI=1S/C40H44N12O6/c1-7-50-29(15-22(3)47-50)37-43-21-27-26-17-24(35(41)53)18-31(58-14-13-56-5)34(26)49(39(27)45-37)12-10-9-11-28-38(46-40(55)30-16-23(4)48-51(30)8-2)44-32-19-25(36(42)54)20-33(57-6)52(28)32/h9-10,15-21H,7-8,11-14H2,1-6H3,(H2,41,53)(H2,42,54)(H,46,55)/b10-9+. The predicted octanol–water partition coefficient (Wildman–Crippen LogP) is 4.23. The summed E-state index contributed by atoms with van der Waals surface area (Å²) in [6.07, 6.45) is 5.88. The summed E-state index contributed by atoms with van der Waals surface area (Å²) in [6.45, 7) is 9.58. The molecule has 1 aromatic carbocycles. The zero-order valence-corrected chi connectivity index (χ0v) is 33.1. The molecule has 0 radical (unpaired) electrons. The fourth-order valence-electron chi connectivity index (χ4n) is 7.01. The lowest BCUT2D eigenvalue weighted by atomic mass is 10.1. The molecular formula is C40H44N12O6. The molecule has 18 heteroatoms. The van der Waals surface area contributed by atoms with E-state index in [9.17, 15) is 14.4 Å². The number of methoxy groups -OCH3 is 2. The second-order valence-electron chi connectivity index (χ2n) is 13.5. The van der Waals surface area contributed by atoms with Crippen molar-refractivity contribution in [3.8, 4) is 23.1 Å². The van der Waals surface area contributed by atoms with Crippen molar-refractivity contribution in [3.63, 3.8) is 0 Å². The number of hydrogen-bond acceptors (Lipinski definition) is 11. The van der Waals surface area contributed by atoms with Gasteiger partial charge in [-0.2, -0.15) is 10.2 Å². The average molecular weight is 789 g/mol. The Morgan fingerprint density at radius 2 is 1.57 bits per heavy atom. The van der Waals surface area contributed by atoms with E-state index in [1.807, 2.05) is 55.2 Å². The van der Waals surface area contributed by atoms with Crippen LogP contribution in [0, 0.1) is 13.8 Å². The molecular weight excluding hydrogens is 745 g/mol. The molecule has 6 aromatic heterocycles. The van der Waals surface area contributed by atoms with Gasteiger partial charge in [0.05, 0.1) is 36.3 Å². The lowest BCUT2D eigenvalue weighted by Crippen LogP contribution is -2.18. The molecule has 0 bridgehead atoms. The predicted molar refractivity (Wildman–Crippen MR) is 216 cm³/mol. The lowest BCUT2D eigenvalue weighted by Gasteiger charge is -2.12. The maximum Gasteiger partial charge on any atom is 0.275 e. The first-order chi connectivity index (χ1) is 28.0. The number of allylic oxidation sites excluding steroid dienone is 2. The maximum atomic E-state index is 13.6. The Hall–Kier alpha value is -7.08. The number of fused-ring (bicyclic) bond motifs is 4. The molecule has 0 aliphatic rings. The van der Waals surface area contributed by atoms with Crippen LogP contribution in [0.4, 0.5) is 5.82 Å². The van der Waals surface area contributed by atoms with Gasteiger partial charge in [-0.1, -0.05) is 12.2 Å². The average Bonchev–Trinajstić information content (AvgIpc) is 3.97. The summed E-state index contributed by atoms with van der Waals surface area (Å²) in [5.41, 5.74) is 16.8. The van der Waals surface area contributed by atoms with Crippen molar-refractivity contribution in [2.75, 3.05) is 32.8 Å². The van der Waals surface area contributed by atoms with Crippen LogP contribution in [0.1, 0.15) is 62.1 Å². The third-order valence-corrected chi connectivity index (χ3v) is 9.63. The first-order valence-electron chi connectivity index (χ1n) is 18.6. The zero-order valence-electron chi connectivity index (χ0n) is 33.1. The van der Waals surface area contributed by atoms with Gasteiger partial charge < -0.3 is 35.6 Å². The van der Waals surface area contributed by atoms with Crippen LogP contribution < -0.4 is 26.3 Å². The summed E-state index contributed by atoms with van der Waals surface area (Å²) in [7, 11) is 3.05. The highest BCUT2D eigenvalue weighted by Crippen LogP contribution is 2.37. The molecule has 7 aromatic rings. The van der Waals surface area contributed by atoms with Crippen molar-refractivity contribution in [1.29, 1.82) is 0 Å². The Bertz CT molecular complexity index is 2760. The number of aryl methyl sites for hydroxylation is 4. The number of ether oxygens (including phenoxy) is 3. The number of imidazole rings is 1. The number of primary amides is 2. The smallest absolute Gasteiger partial charge is 0.275 e. The van der Waals surface area contributed by atoms with Crippen LogP contribution in [0.25, 0.3) is 39.1 Å². The van der Waals surface area contributed by atoms with E-state index in [2.05, 4.69) is 15.5 Å². The summed E-state index contributed by atoms with van der Waals surface area (Å²) < 4.78 is 24.3. The largest absolute Gasteiger partial charge is 0.489 e. The van der Waals surface area contributed by atoms with Gasteiger partial charge in [-0.15, -0.1) is 0 Å². The SMILES string of the molecule is CCn1nc(C)cc1C(=O)Nc1nc2cc(C(N)=O)cc(OC)n2c1C/C=C/Cn1c2nc(-c3cc(C)nn3CC)ncc2c2cc(C(N)=O)cc(OCCOC)c21. The maximum absolute atomic E-state index is 13.6. The number of amides is 3. The van der Waals surface area contributed by atoms with E-state index in [1.54, 1.807) is 46.7 Å². The van der Waals surface area contributed by atoms with Crippen molar-refractivity contribution >= 4 is 51.1 Å². The second kappa shape index (κ2) is 16.2. The molecule has 6 heterocycles. The quantitative estimate of drug-likeness (QED) is 0.0928. The van der Waals surface area contributed by atoms with Crippen molar-refractivity contribution in [3.05, 3.63) is 88.6 Å². The van der Waals surface area contributed by atoms with Crippen molar-refractivity contribution in [2.24, 2.45) is 11.5 Å². The third-order valence-electron chi connectivity index (χ3n) is 9.63. The fourth-order valence-corrected chi connectivity index (χ4v) is 7.01. The van der Waals surface area contributed by atoms with Gasteiger partial charge in [0, 0.05) is 67.3 Å². The highest BCUT2D eigenvalue weighted by Gasteiger charge is 2.23.